The summed E-state index contributed by atoms with van der Waals surface area (Å²) in [6.45, 7) is 2.56. The Labute approximate surface area is 131 Å². The number of aliphatic hydroxyl groups is 1. The van der Waals surface area contributed by atoms with Crippen LogP contribution in [-0.2, 0) is 6.54 Å². The number of thiophene rings is 1. The van der Waals surface area contributed by atoms with Gasteiger partial charge in [0.25, 0.3) is 0 Å². The molecule has 20 heavy (non-hydrogen) atoms. The van der Waals surface area contributed by atoms with E-state index in [1.165, 1.54) is 4.88 Å². The molecular formula is C15H18BrNO2S. The number of anilines is 1. The van der Waals surface area contributed by atoms with Gasteiger partial charge in [-0.1, -0.05) is 6.07 Å². The summed E-state index contributed by atoms with van der Waals surface area (Å²) in [6, 6.07) is 7.94. The second-order valence-corrected chi connectivity index (χ2v) is 6.57. The molecule has 0 saturated carbocycles. The van der Waals surface area contributed by atoms with Gasteiger partial charge in [0.15, 0.2) is 0 Å². The highest BCUT2D eigenvalue weighted by Crippen LogP contribution is 2.35. The van der Waals surface area contributed by atoms with Crippen molar-refractivity contribution in [1.29, 1.82) is 0 Å². The van der Waals surface area contributed by atoms with Crippen LogP contribution in [0.15, 0.2) is 34.1 Å². The van der Waals surface area contributed by atoms with E-state index in [-0.39, 0.29) is 0 Å². The minimum Gasteiger partial charge on any atom is -0.496 e. The molecule has 1 aromatic carbocycles. The van der Waals surface area contributed by atoms with Crippen molar-refractivity contribution in [3.05, 3.63) is 44.6 Å². The first-order valence-electron chi connectivity index (χ1n) is 6.32. The summed E-state index contributed by atoms with van der Waals surface area (Å²) in [5, 5.41) is 12.1. The molecule has 0 saturated heterocycles. The third-order valence-electron chi connectivity index (χ3n) is 3.11. The molecule has 0 aliphatic rings. The molecule has 0 spiro atoms. The fraction of sp³-hybridized carbons (Fsp3) is 0.333. The molecule has 0 unspecified atom stereocenters. The van der Waals surface area contributed by atoms with Gasteiger partial charge in [0.1, 0.15) is 5.75 Å². The number of nitrogens with zero attached hydrogens (tertiary/aromatic N) is 1. The SMILES string of the molecule is COc1cccc(N(C)Cc2cc(Br)cs2)c1[C@H](C)O. The standard InChI is InChI=1S/C15H18BrNO2S/c1-10(18)15-13(5-4-6-14(15)19-3)17(2)8-12-7-11(16)9-20-12/h4-7,9-10,18H,8H2,1-3H3/t10-/m0/s1. The van der Waals surface area contributed by atoms with E-state index in [9.17, 15) is 5.11 Å². The van der Waals surface area contributed by atoms with E-state index in [0.717, 1.165) is 28.0 Å². The highest BCUT2D eigenvalue weighted by molar-refractivity contribution is 9.10. The van der Waals surface area contributed by atoms with Crippen LogP contribution in [0.1, 0.15) is 23.5 Å². The molecule has 0 aliphatic carbocycles. The van der Waals surface area contributed by atoms with Crippen LogP contribution in [0.25, 0.3) is 0 Å². The zero-order valence-corrected chi connectivity index (χ0v) is 14.2. The monoisotopic (exact) mass is 355 g/mol. The predicted molar refractivity (Wildman–Crippen MR) is 87.8 cm³/mol. The third-order valence-corrected chi connectivity index (χ3v) is 4.79. The molecular weight excluding hydrogens is 338 g/mol. The fourth-order valence-corrected chi connectivity index (χ4v) is 3.72. The predicted octanol–water partition coefficient (Wildman–Crippen LogP) is 4.21. The zero-order valence-electron chi connectivity index (χ0n) is 11.8. The fourth-order valence-electron chi connectivity index (χ4n) is 2.22. The Balaban J connectivity index is 2.31. The van der Waals surface area contributed by atoms with E-state index in [0.29, 0.717) is 0 Å². The Bertz CT molecular complexity index is 583. The van der Waals surface area contributed by atoms with Crippen molar-refractivity contribution < 1.29 is 9.84 Å². The molecule has 0 aliphatic heterocycles. The van der Waals surface area contributed by atoms with E-state index in [1.54, 1.807) is 25.4 Å². The molecule has 2 aromatic rings. The van der Waals surface area contributed by atoms with Crippen molar-refractivity contribution in [1.82, 2.24) is 0 Å². The number of hydrogen-bond donors (Lipinski definition) is 1. The van der Waals surface area contributed by atoms with E-state index in [2.05, 4.69) is 32.3 Å². The molecule has 2 rings (SSSR count). The van der Waals surface area contributed by atoms with Crippen LogP contribution in [0, 0.1) is 0 Å². The zero-order chi connectivity index (χ0) is 14.7. The summed E-state index contributed by atoms with van der Waals surface area (Å²) in [6.07, 6.45) is -0.571. The Kier molecular flexibility index (Phi) is 5.07. The molecule has 108 valence electrons. The number of hydrogen-bond acceptors (Lipinski definition) is 4. The van der Waals surface area contributed by atoms with E-state index in [4.69, 9.17) is 4.74 Å². The van der Waals surface area contributed by atoms with Crippen LogP contribution in [-0.4, -0.2) is 19.3 Å². The van der Waals surface area contributed by atoms with Gasteiger partial charge >= 0.3 is 0 Å². The Morgan fingerprint density at radius 3 is 2.75 bits per heavy atom. The van der Waals surface area contributed by atoms with Crippen molar-refractivity contribution in [2.45, 2.75) is 19.6 Å². The summed E-state index contributed by atoms with van der Waals surface area (Å²) >= 11 is 5.19. The minimum atomic E-state index is -0.571. The van der Waals surface area contributed by atoms with Gasteiger partial charge in [0.05, 0.1) is 19.8 Å². The van der Waals surface area contributed by atoms with Crippen LogP contribution in [0.4, 0.5) is 5.69 Å². The molecule has 0 fully saturated rings. The van der Waals surface area contributed by atoms with Crippen molar-refractivity contribution in [2.24, 2.45) is 0 Å². The number of ether oxygens (including phenoxy) is 1. The topological polar surface area (TPSA) is 32.7 Å². The number of halogens is 1. The molecule has 3 nitrogen and oxygen atoms in total. The first-order chi connectivity index (χ1) is 9.52. The maximum atomic E-state index is 10.0. The molecule has 5 heteroatoms. The van der Waals surface area contributed by atoms with Crippen LogP contribution in [0.2, 0.25) is 0 Å². The normalized spacial score (nSPS) is 12.2. The third kappa shape index (κ3) is 3.34. The molecule has 0 bridgehead atoms. The van der Waals surface area contributed by atoms with Crippen LogP contribution in [0.5, 0.6) is 5.75 Å². The quantitative estimate of drug-likeness (QED) is 0.871. The van der Waals surface area contributed by atoms with Crippen molar-refractivity contribution >= 4 is 33.0 Å². The van der Waals surface area contributed by atoms with E-state index >= 15 is 0 Å². The molecule has 0 radical (unpaired) electrons. The summed E-state index contributed by atoms with van der Waals surface area (Å²) in [7, 11) is 3.65. The lowest BCUT2D eigenvalue weighted by atomic mass is 10.1. The van der Waals surface area contributed by atoms with Gasteiger partial charge < -0.3 is 14.7 Å². The average Bonchev–Trinajstić information content (AvgIpc) is 2.82. The van der Waals surface area contributed by atoms with E-state index in [1.807, 2.05) is 25.2 Å². The summed E-state index contributed by atoms with van der Waals surface area (Å²) in [5.41, 5.74) is 1.82. The Morgan fingerprint density at radius 1 is 1.45 bits per heavy atom. The van der Waals surface area contributed by atoms with Gasteiger partial charge in [-0.15, -0.1) is 11.3 Å². The molecule has 0 amide bonds. The van der Waals surface area contributed by atoms with Crippen LogP contribution >= 0.6 is 27.3 Å². The van der Waals surface area contributed by atoms with Crippen molar-refractivity contribution in [3.8, 4) is 5.75 Å². The number of benzene rings is 1. The largest absolute Gasteiger partial charge is 0.496 e. The smallest absolute Gasteiger partial charge is 0.126 e. The van der Waals surface area contributed by atoms with Gasteiger partial charge in [-0.2, -0.15) is 0 Å². The summed E-state index contributed by atoms with van der Waals surface area (Å²) in [5.74, 6) is 0.719. The van der Waals surface area contributed by atoms with Crippen LogP contribution in [0.3, 0.4) is 0 Å². The van der Waals surface area contributed by atoms with Gasteiger partial charge in [-0.25, -0.2) is 0 Å². The van der Waals surface area contributed by atoms with Crippen LogP contribution < -0.4 is 9.64 Å². The second-order valence-electron chi connectivity index (χ2n) is 4.66. The Hall–Kier alpha value is -1.04. The lowest BCUT2D eigenvalue weighted by molar-refractivity contribution is 0.194. The maximum Gasteiger partial charge on any atom is 0.126 e. The van der Waals surface area contributed by atoms with Gasteiger partial charge in [0, 0.05) is 33.0 Å². The first-order valence-corrected chi connectivity index (χ1v) is 7.99. The summed E-state index contributed by atoms with van der Waals surface area (Å²) in [4.78, 5) is 3.39. The minimum absolute atomic E-state index is 0.571. The van der Waals surface area contributed by atoms with Gasteiger partial charge in [-0.3, -0.25) is 0 Å². The highest BCUT2D eigenvalue weighted by Gasteiger charge is 2.17. The highest BCUT2D eigenvalue weighted by atomic mass is 79.9. The molecule has 1 atom stereocenters. The van der Waals surface area contributed by atoms with Crippen molar-refractivity contribution in [2.75, 3.05) is 19.1 Å². The van der Waals surface area contributed by atoms with Gasteiger partial charge in [-0.05, 0) is 41.1 Å². The summed E-state index contributed by atoms with van der Waals surface area (Å²) < 4.78 is 6.46. The second kappa shape index (κ2) is 6.61. The molecule has 1 N–H and O–H groups in total. The van der Waals surface area contributed by atoms with Gasteiger partial charge in [0.2, 0.25) is 0 Å². The first kappa shape index (κ1) is 15.4. The maximum absolute atomic E-state index is 10.0. The lowest BCUT2D eigenvalue weighted by Crippen LogP contribution is -2.18. The Morgan fingerprint density at radius 2 is 2.20 bits per heavy atom. The number of methoxy groups -OCH3 is 1. The van der Waals surface area contributed by atoms with E-state index < -0.39 is 6.10 Å². The lowest BCUT2D eigenvalue weighted by Gasteiger charge is -2.24. The number of aliphatic hydroxyl groups excluding tert-OH is 1. The number of rotatable bonds is 5. The molecule has 1 aromatic heterocycles. The molecule has 1 heterocycles. The average molecular weight is 356 g/mol. The van der Waals surface area contributed by atoms with Crippen molar-refractivity contribution in [3.63, 3.8) is 0 Å².